The minimum Gasteiger partial charge on any atom is -0.198 e. The Morgan fingerprint density at radius 1 is 1.14 bits per heavy atom. The minimum absolute atomic E-state index is 0.0881. The van der Waals surface area contributed by atoms with Crippen molar-refractivity contribution in [3.05, 3.63) is 29.8 Å². The number of benzene rings is 1. The van der Waals surface area contributed by atoms with E-state index in [-0.39, 0.29) is 16.7 Å². The van der Waals surface area contributed by atoms with Crippen molar-refractivity contribution in [2.45, 2.75) is 16.8 Å². The Kier molecular flexibility index (Phi) is 3.36. The molecule has 0 nitrogen and oxygen atoms in total. The predicted molar refractivity (Wildman–Crippen MR) is 43.3 cm³/mol. The molecule has 0 spiro atoms. The zero-order valence-corrected chi connectivity index (χ0v) is 7.50. The second-order valence-corrected chi connectivity index (χ2v) is 3.47. The molecule has 6 heteroatoms. The molecule has 0 aliphatic heterocycles. The lowest BCUT2D eigenvalue weighted by atomic mass is 10.2. The number of rotatable bonds is 2. The third-order valence-corrected chi connectivity index (χ3v) is 2.09. The normalized spacial score (nSPS) is 12.1. The zero-order valence-electron chi connectivity index (χ0n) is 6.68. The van der Waals surface area contributed by atoms with Crippen LogP contribution in [0.25, 0.3) is 0 Å². The molecule has 0 amide bonds. The lowest BCUT2D eigenvalue weighted by Crippen LogP contribution is -2.04. The van der Waals surface area contributed by atoms with Crippen molar-refractivity contribution in [1.29, 1.82) is 0 Å². The van der Waals surface area contributed by atoms with Gasteiger partial charge in [0.2, 0.25) is 0 Å². The van der Waals surface area contributed by atoms with Crippen molar-refractivity contribution in [3.63, 3.8) is 0 Å². The topological polar surface area (TPSA) is 0 Å². The highest BCUT2D eigenvalue weighted by molar-refractivity contribution is 7.99. The molecule has 0 heterocycles. The summed E-state index contributed by atoms with van der Waals surface area (Å²) in [6, 6.07) is 3.87. The fourth-order valence-electron chi connectivity index (χ4n) is 0.849. The first-order valence-electron chi connectivity index (χ1n) is 3.51. The molecule has 0 unspecified atom stereocenters. The number of hydrogen-bond donors (Lipinski definition) is 0. The van der Waals surface area contributed by atoms with E-state index < -0.39 is 17.5 Å². The van der Waals surface area contributed by atoms with Crippen molar-refractivity contribution >= 4 is 11.8 Å². The Morgan fingerprint density at radius 2 is 1.79 bits per heavy atom. The van der Waals surface area contributed by atoms with Gasteiger partial charge in [-0.1, -0.05) is 17.8 Å². The van der Waals surface area contributed by atoms with Crippen LogP contribution in [0.4, 0.5) is 22.0 Å². The first kappa shape index (κ1) is 11.3. The molecular weight excluding hydrogens is 223 g/mol. The molecule has 1 rings (SSSR count). The summed E-state index contributed by atoms with van der Waals surface area (Å²) in [6.07, 6.45) is -4.49. The Balaban J connectivity index is 2.90. The molecule has 0 saturated heterocycles. The van der Waals surface area contributed by atoms with E-state index in [1.54, 1.807) is 0 Å². The molecule has 0 fully saturated rings. The van der Waals surface area contributed by atoms with Crippen LogP contribution in [-0.4, -0.2) is 5.76 Å². The quantitative estimate of drug-likeness (QED) is 0.544. The number of alkyl halides is 5. The molecule has 78 valence electrons. The molecule has 0 saturated carbocycles. The van der Waals surface area contributed by atoms with E-state index in [0.29, 0.717) is 6.07 Å². The summed E-state index contributed by atoms with van der Waals surface area (Å²) < 4.78 is 60.0. The summed E-state index contributed by atoms with van der Waals surface area (Å²) >= 11 is 0.0954. The molecular formula is C8H5F5S. The van der Waals surface area contributed by atoms with Crippen molar-refractivity contribution in [2.24, 2.45) is 0 Å². The summed E-state index contributed by atoms with van der Waals surface area (Å²) in [5, 5.41) is 0. The van der Waals surface area contributed by atoms with Gasteiger partial charge < -0.3 is 0 Å². The highest BCUT2D eigenvalue weighted by Crippen LogP contribution is 2.33. The largest absolute Gasteiger partial charge is 0.416 e. The maximum atomic E-state index is 12.1. The molecule has 0 N–H and O–H groups in total. The lowest BCUT2D eigenvalue weighted by Gasteiger charge is -2.07. The third-order valence-electron chi connectivity index (χ3n) is 1.39. The van der Waals surface area contributed by atoms with Crippen LogP contribution in [0.2, 0.25) is 0 Å². The molecule has 1 aromatic rings. The van der Waals surface area contributed by atoms with E-state index in [4.69, 9.17) is 0 Å². The van der Waals surface area contributed by atoms with Gasteiger partial charge in [-0.05, 0) is 18.2 Å². The minimum atomic E-state index is -4.49. The maximum absolute atomic E-state index is 12.1. The van der Waals surface area contributed by atoms with E-state index in [0.717, 1.165) is 12.1 Å². The maximum Gasteiger partial charge on any atom is 0.416 e. The summed E-state index contributed by atoms with van der Waals surface area (Å²) in [6.45, 7) is 0. The first-order valence-corrected chi connectivity index (χ1v) is 4.39. The van der Waals surface area contributed by atoms with Crippen LogP contribution in [-0.2, 0) is 6.18 Å². The van der Waals surface area contributed by atoms with E-state index in [1.807, 2.05) is 0 Å². The van der Waals surface area contributed by atoms with Crippen molar-refractivity contribution < 1.29 is 22.0 Å². The Labute approximate surface area is 81.1 Å². The smallest absolute Gasteiger partial charge is 0.198 e. The summed E-state index contributed by atoms with van der Waals surface area (Å²) in [5.74, 6) is -2.71. The SMILES string of the molecule is FC(F)Sc1cccc(C(F)(F)F)c1. The predicted octanol–water partition coefficient (Wildman–Crippen LogP) is 4.02. The van der Waals surface area contributed by atoms with Gasteiger partial charge in [0.15, 0.2) is 0 Å². The van der Waals surface area contributed by atoms with Gasteiger partial charge in [-0.15, -0.1) is 0 Å². The molecule has 0 radical (unpaired) electrons. The van der Waals surface area contributed by atoms with Crippen LogP contribution in [0.3, 0.4) is 0 Å². The number of halogens is 5. The van der Waals surface area contributed by atoms with Gasteiger partial charge >= 0.3 is 6.18 Å². The van der Waals surface area contributed by atoms with Gasteiger partial charge in [0, 0.05) is 4.90 Å². The Morgan fingerprint density at radius 3 is 2.29 bits per heavy atom. The molecule has 0 aliphatic rings. The second kappa shape index (κ2) is 4.16. The van der Waals surface area contributed by atoms with Crippen LogP contribution >= 0.6 is 11.8 Å². The Hall–Kier alpha value is -0.780. The van der Waals surface area contributed by atoms with Crippen molar-refractivity contribution in [3.8, 4) is 0 Å². The molecule has 0 aliphatic carbocycles. The lowest BCUT2D eigenvalue weighted by molar-refractivity contribution is -0.137. The fourth-order valence-corrected chi connectivity index (χ4v) is 1.41. The van der Waals surface area contributed by atoms with Crippen LogP contribution in [0.5, 0.6) is 0 Å². The highest BCUT2D eigenvalue weighted by Gasteiger charge is 2.30. The molecule has 1 aromatic carbocycles. The summed E-state index contributed by atoms with van der Waals surface area (Å²) in [4.78, 5) is -0.0881. The van der Waals surface area contributed by atoms with Crippen molar-refractivity contribution in [2.75, 3.05) is 0 Å². The highest BCUT2D eigenvalue weighted by atomic mass is 32.2. The number of hydrogen-bond acceptors (Lipinski definition) is 1. The van der Waals surface area contributed by atoms with E-state index in [9.17, 15) is 22.0 Å². The van der Waals surface area contributed by atoms with Crippen LogP contribution in [0.15, 0.2) is 29.2 Å². The molecule has 14 heavy (non-hydrogen) atoms. The van der Waals surface area contributed by atoms with Crippen molar-refractivity contribution in [1.82, 2.24) is 0 Å². The third kappa shape index (κ3) is 3.17. The van der Waals surface area contributed by atoms with Crippen LogP contribution < -0.4 is 0 Å². The Bertz CT molecular complexity index is 307. The standard InChI is InChI=1S/C8H5F5S/c9-7(10)14-6-3-1-2-5(4-6)8(11,12)13/h1-4,7H. The summed E-state index contributed by atoms with van der Waals surface area (Å²) in [5.41, 5.74) is -0.914. The van der Waals surface area contributed by atoms with Gasteiger partial charge in [0.05, 0.1) is 5.56 Å². The van der Waals surface area contributed by atoms with E-state index in [2.05, 4.69) is 0 Å². The monoisotopic (exact) mass is 228 g/mol. The molecule has 0 bridgehead atoms. The second-order valence-electron chi connectivity index (χ2n) is 2.40. The fraction of sp³-hybridized carbons (Fsp3) is 0.250. The van der Waals surface area contributed by atoms with Gasteiger partial charge in [0.25, 0.3) is 5.76 Å². The first-order chi connectivity index (χ1) is 6.39. The van der Waals surface area contributed by atoms with Crippen LogP contribution in [0.1, 0.15) is 5.56 Å². The van der Waals surface area contributed by atoms with Gasteiger partial charge in [-0.2, -0.15) is 22.0 Å². The molecule has 0 aromatic heterocycles. The zero-order chi connectivity index (χ0) is 10.8. The van der Waals surface area contributed by atoms with Gasteiger partial charge in [-0.3, -0.25) is 0 Å². The van der Waals surface area contributed by atoms with Crippen LogP contribution in [0, 0.1) is 0 Å². The van der Waals surface area contributed by atoms with E-state index in [1.165, 1.54) is 6.07 Å². The molecule has 0 atom stereocenters. The summed E-state index contributed by atoms with van der Waals surface area (Å²) in [7, 11) is 0. The van der Waals surface area contributed by atoms with Gasteiger partial charge in [-0.25, -0.2) is 0 Å². The van der Waals surface area contributed by atoms with E-state index >= 15 is 0 Å². The average Bonchev–Trinajstić information content (AvgIpc) is 2.01. The average molecular weight is 228 g/mol. The number of thioether (sulfide) groups is 1. The van der Waals surface area contributed by atoms with Gasteiger partial charge in [0.1, 0.15) is 0 Å².